The Labute approximate surface area is 61.5 Å². The van der Waals surface area contributed by atoms with Gasteiger partial charge >= 0.3 is 7.48 Å². The topological polar surface area (TPSA) is 29.5 Å². The van der Waals surface area contributed by atoms with Gasteiger partial charge in [-0.15, -0.1) is 0 Å². The molecular formula is C7H10BO2. The smallest absolute Gasteiger partial charge is 0.330 e. The van der Waals surface area contributed by atoms with Crippen molar-refractivity contribution in [2.75, 3.05) is 7.11 Å². The largest absolute Gasteiger partial charge is 0.502 e. The molecule has 0 unspecified atom stereocenters. The zero-order valence-corrected chi connectivity index (χ0v) is 6.00. The summed E-state index contributed by atoms with van der Waals surface area (Å²) >= 11 is 0. The van der Waals surface area contributed by atoms with E-state index in [1.807, 2.05) is 12.2 Å². The van der Waals surface area contributed by atoms with Crippen molar-refractivity contribution in [1.82, 2.24) is 0 Å². The van der Waals surface area contributed by atoms with Crippen LogP contribution in [-0.2, 0) is 4.74 Å². The molecule has 1 aliphatic carbocycles. The second-order valence-electron chi connectivity index (χ2n) is 2.15. The van der Waals surface area contributed by atoms with E-state index in [1.54, 1.807) is 7.11 Å². The SMILES string of the molecule is COC1=C([B]O)C=CCC1. The maximum absolute atomic E-state index is 8.68. The van der Waals surface area contributed by atoms with Crippen LogP contribution in [0.5, 0.6) is 0 Å². The third kappa shape index (κ3) is 1.42. The van der Waals surface area contributed by atoms with Crippen molar-refractivity contribution < 1.29 is 9.76 Å². The molecule has 0 fully saturated rings. The molecular weight excluding hydrogens is 127 g/mol. The van der Waals surface area contributed by atoms with Gasteiger partial charge in [-0.1, -0.05) is 12.2 Å². The van der Waals surface area contributed by atoms with Crippen LogP contribution in [0.15, 0.2) is 23.4 Å². The van der Waals surface area contributed by atoms with Gasteiger partial charge in [0.05, 0.1) is 12.9 Å². The van der Waals surface area contributed by atoms with Gasteiger partial charge in [0.2, 0.25) is 0 Å². The van der Waals surface area contributed by atoms with Crippen LogP contribution >= 0.6 is 0 Å². The third-order valence-corrected chi connectivity index (χ3v) is 1.54. The highest BCUT2D eigenvalue weighted by atomic mass is 16.5. The molecule has 53 valence electrons. The minimum Gasteiger partial charge on any atom is -0.502 e. The number of hydrogen-bond acceptors (Lipinski definition) is 2. The van der Waals surface area contributed by atoms with Crippen LogP contribution in [0.2, 0.25) is 0 Å². The number of ether oxygens (including phenoxy) is 1. The Hall–Kier alpha value is -0.695. The van der Waals surface area contributed by atoms with E-state index in [2.05, 4.69) is 0 Å². The van der Waals surface area contributed by atoms with Gasteiger partial charge in [0, 0.05) is 6.42 Å². The van der Waals surface area contributed by atoms with Crippen LogP contribution in [0.25, 0.3) is 0 Å². The molecule has 10 heavy (non-hydrogen) atoms. The lowest BCUT2D eigenvalue weighted by Gasteiger charge is -2.11. The summed E-state index contributed by atoms with van der Waals surface area (Å²) in [6.45, 7) is 0. The van der Waals surface area contributed by atoms with Crippen molar-refractivity contribution in [2.45, 2.75) is 12.8 Å². The van der Waals surface area contributed by atoms with E-state index < -0.39 is 0 Å². The molecule has 1 radical (unpaired) electrons. The molecule has 0 aromatic carbocycles. The Bertz CT molecular complexity index is 172. The predicted octanol–water partition coefficient (Wildman–Crippen LogP) is 0.806. The maximum Gasteiger partial charge on any atom is 0.330 e. The molecule has 0 saturated carbocycles. The predicted molar refractivity (Wildman–Crippen MR) is 40.4 cm³/mol. The minimum atomic E-state index is 0.786. The Balaban J connectivity index is 2.73. The minimum absolute atomic E-state index is 0.786. The molecule has 0 bridgehead atoms. The first-order valence-electron chi connectivity index (χ1n) is 3.29. The second kappa shape index (κ2) is 3.47. The van der Waals surface area contributed by atoms with E-state index in [9.17, 15) is 0 Å². The van der Waals surface area contributed by atoms with Crippen molar-refractivity contribution in [2.24, 2.45) is 0 Å². The standard InChI is InChI=1S/C7H10BO2/c1-10-7-5-3-2-4-6(7)8-9/h2,4,9H,3,5H2,1H3. The lowest BCUT2D eigenvalue weighted by molar-refractivity contribution is 0.274. The van der Waals surface area contributed by atoms with Gasteiger partial charge in [0.25, 0.3) is 0 Å². The molecule has 1 N–H and O–H groups in total. The van der Waals surface area contributed by atoms with Crippen molar-refractivity contribution in [3.63, 3.8) is 0 Å². The van der Waals surface area contributed by atoms with E-state index >= 15 is 0 Å². The fourth-order valence-corrected chi connectivity index (χ4v) is 0.997. The van der Waals surface area contributed by atoms with Crippen LogP contribution in [0, 0.1) is 0 Å². The van der Waals surface area contributed by atoms with Gasteiger partial charge in [-0.2, -0.15) is 0 Å². The highest BCUT2D eigenvalue weighted by Crippen LogP contribution is 2.17. The summed E-state index contributed by atoms with van der Waals surface area (Å²) < 4.78 is 5.03. The van der Waals surface area contributed by atoms with Gasteiger partial charge in [-0.05, 0) is 11.9 Å². The normalized spacial score (nSPS) is 17.4. The fourth-order valence-electron chi connectivity index (χ4n) is 0.997. The summed E-state index contributed by atoms with van der Waals surface area (Å²) in [7, 11) is 2.70. The summed E-state index contributed by atoms with van der Waals surface area (Å²) in [5.74, 6) is 0.866. The van der Waals surface area contributed by atoms with E-state index in [0.29, 0.717) is 0 Å². The van der Waals surface area contributed by atoms with Crippen molar-refractivity contribution in [3.8, 4) is 0 Å². The molecule has 0 amide bonds. The zero-order chi connectivity index (χ0) is 7.40. The number of methoxy groups -OCH3 is 1. The van der Waals surface area contributed by atoms with Crippen LogP contribution in [-0.4, -0.2) is 19.6 Å². The highest BCUT2D eigenvalue weighted by molar-refractivity contribution is 6.38. The number of rotatable bonds is 2. The molecule has 0 aromatic heterocycles. The van der Waals surface area contributed by atoms with Crippen molar-refractivity contribution in [1.29, 1.82) is 0 Å². The van der Waals surface area contributed by atoms with E-state index in [1.165, 1.54) is 0 Å². The molecule has 0 heterocycles. The van der Waals surface area contributed by atoms with Gasteiger partial charge in [0.1, 0.15) is 0 Å². The quantitative estimate of drug-likeness (QED) is 0.570. The van der Waals surface area contributed by atoms with Gasteiger partial charge < -0.3 is 9.76 Å². The Morgan fingerprint density at radius 3 is 3.00 bits per heavy atom. The molecule has 0 spiro atoms. The number of hydrogen-bond donors (Lipinski definition) is 1. The number of allylic oxidation sites excluding steroid dienone is 4. The average Bonchev–Trinajstić information content (AvgIpc) is 2.04. The molecule has 0 aliphatic heterocycles. The van der Waals surface area contributed by atoms with Gasteiger partial charge in [-0.25, -0.2) is 0 Å². The molecule has 3 heteroatoms. The molecule has 1 aliphatic rings. The average molecular weight is 137 g/mol. The fraction of sp³-hybridized carbons (Fsp3) is 0.429. The Kier molecular flexibility index (Phi) is 2.57. The highest BCUT2D eigenvalue weighted by Gasteiger charge is 2.07. The third-order valence-electron chi connectivity index (χ3n) is 1.54. The first kappa shape index (κ1) is 7.41. The molecule has 2 nitrogen and oxygen atoms in total. The summed E-state index contributed by atoms with van der Waals surface area (Å²) in [6, 6.07) is 0. The summed E-state index contributed by atoms with van der Waals surface area (Å²) in [5, 5.41) is 8.68. The van der Waals surface area contributed by atoms with Gasteiger partial charge in [-0.3, -0.25) is 0 Å². The summed E-state index contributed by atoms with van der Waals surface area (Å²) in [4.78, 5) is 0. The maximum atomic E-state index is 8.68. The molecule has 0 saturated heterocycles. The first-order valence-corrected chi connectivity index (χ1v) is 3.29. The van der Waals surface area contributed by atoms with E-state index in [4.69, 9.17) is 9.76 Å². The van der Waals surface area contributed by atoms with Crippen LogP contribution in [0.3, 0.4) is 0 Å². The van der Waals surface area contributed by atoms with Crippen LogP contribution in [0.4, 0.5) is 0 Å². The van der Waals surface area contributed by atoms with Crippen molar-refractivity contribution >= 4 is 7.48 Å². The van der Waals surface area contributed by atoms with E-state index in [0.717, 1.165) is 31.6 Å². The zero-order valence-electron chi connectivity index (χ0n) is 6.00. The Morgan fingerprint density at radius 2 is 2.50 bits per heavy atom. The lowest BCUT2D eigenvalue weighted by Crippen LogP contribution is -2.03. The van der Waals surface area contributed by atoms with E-state index in [-0.39, 0.29) is 0 Å². The first-order chi connectivity index (χ1) is 4.88. The molecule has 0 aromatic rings. The van der Waals surface area contributed by atoms with Crippen LogP contribution in [0.1, 0.15) is 12.8 Å². The Morgan fingerprint density at radius 1 is 1.70 bits per heavy atom. The monoisotopic (exact) mass is 137 g/mol. The lowest BCUT2D eigenvalue weighted by atomic mass is 9.83. The van der Waals surface area contributed by atoms with Crippen molar-refractivity contribution in [3.05, 3.63) is 23.4 Å². The van der Waals surface area contributed by atoms with Crippen LogP contribution < -0.4 is 0 Å². The molecule has 1 rings (SSSR count). The van der Waals surface area contributed by atoms with Gasteiger partial charge in [0.15, 0.2) is 0 Å². The summed E-state index contributed by atoms with van der Waals surface area (Å²) in [5.41, 5.74) is 0.786. The molecule has 0 atom stereocenters. The second-order valence-corrected chi connectivity index (χ2v) is 2.15. The summed E-state index contributed by atoms with van der Waals surface area (Å²) in [6.07, 6.45) is 5.77.